The topological polar surface area (TPSA) is 74.3 Å². The Hall–Kier alpha value is -1.81. The zero-order valence-electron chi connectivity index (χ0n) is 9.20. The van der Waals surface area contributed by atoms with Crippen LogP contribution in [0.1, 0.15) is 11.1 Å². The monoisotopic (exact) mass is 248 g/mol. The molecule has 1 aliphatic heterocycles. The smallest absolute Gasteiger partial charge is 0.121 e. The third-order valence-electron chi connectivity index (χ3n) is 2.51. The Morgan fingerprint density at radius 2 is 2.35 bits per heavy atom. The molecule has 1 aliphatic rings. The lowest BCUT2D eigenvalue weighted by Crippen LogP contribution is -2.20. The number of hydrogen-bond acceptors (Lipinski definition) is 4. The SMILES string of the molecule is N=Cc1cc(Cl)c(CNC2=NCC=C2)cc1N. The minimum absolute atomic E-state index is 0.560. The fourth-order valence-electron chi connectivity index (χ4n) is 1.58. The molecule has 1 heterocycles. The molecule has 5 heteroatoms. The van der Waals surface area contributed by atoms with Crippen molar-refractivity contribution in [2.24, 2.45) is 4.99 Å². The summed E-state index contributed by atoms with van der Waals surface area (Å²) in [6.45, 7) is 1.30. The van der Waals surface area contributed by atoms with Gasteiger partial charge in [-0.25, -0.2) is 0 Å². The van der Waals surface area contributed by atoms with Crippen molar-refractivity contribution in [1.82, 2.24) is 5.32 Å². The number of nitrogens with two attached hydrogens (primary N) is 1. The van der Waals surface area contributed by atoms with E-state index >= 15 is 0 Å². The maximum absolute atomic E-state index is 7.18. The Labute approximate surface area is 105 Å². The van der Waals surface area contributed by atoms with Crippen LogP contribution in [0.2, 0.25) is 5.02 Å². The van der Waals surface area contributed by atoms with Crippen LogP contribution in [0, 0.1) is 5.41 Å². The van der Waals surface area contributed by atoms with E-state index in [9.17, 15) is 0 Å². The normalized spacial score (nSPS) is 13.6. The summed E-state index contributed by atoms with van der Waals surface area (Å²) in [5, 5.41) is 11.0. The number of nitrogens with zero attached hydrogens (tertiary/aromatic N) is 1. The van der Waals surface area contributed by atoms with Crippen LogP contribution >= 0.6 is 11.6 Å². The summed E-state index contributed by atoms with van der Waals surface area (Å²) in [4.78, 5) is 4.22. The summed E-state index contributed by atoms with van der Waals surface area (Å²) < 4.78 is 0. The first-order valence-corrected chi connectivity index (χ1v) is 5.61. The standard InChI is InChI=1S/C12H13ClN4/c13-10-4-8(6-14)11(15)5-9(10)7-17-12-2-1-3-16-12/h1-2,4-6,14H,3,7,15H2,(H,16,17). The summed E-state index contributed by atoms with van der Waals surface area (Å²) in [5.41, 5.74) is 7.90. The van der Waals surface area contributed by atoms with Gasteiger partial charge in [0.05, 0.1) is 6.54 Å². The molecule has 0 spiro atoms. The van der Waals surface area contributed by atoms with E-state index in [-0.39, 0.29) is 0 Å². The van der Waals surface area contributed by atoms with E-state index in [2.05, 4.69) is 10.3 Å². The summed E-state index contributed by atoms with van der Waals surface area (Å²) >= 11 is 6.11. The molecule has 0 atom stereocenters. The zero-order chi connectivity index (χ0) is 12.3. The second kappa shape index (κ2) is 5.01. The highest BCUT2D eigenvalue weighted by molar-refractivity contribution is 6.31. The molecule has 0 saturated carbocycles. The van der Waals surface area contributed by atoms with Crippen molar-refractivity contribution < 1.29 is 0 Å². The number of halogens is 1. The second-order valence-corrected chi connectivity index (χ2v) is 4.11. The molecule has 17 heavy (non-hydrogen) atoms. The van der Waals surface area contributed by atoms with Crippen molar-refractivity contribution in [3.63, 3.8) is 0 Å². The fourth-order valence-corrected chi connectivity index (χ4v) is 1.82. The lowest BCUT2D eigenvalue weighted by atomic mass is 10.1. The number of hydrogen-bond donors (Lipinski definition) is 3. The lowest BCUT2D eigenvalue weighted by molar-refractivity contribution is 0.917. The van der Waals surface area contributed by atoms with E-state index in [4.69, 9.17) is 22.7 Å². The Bertz CT molecular complexity index is 505. The van der Waals surface area contributed by atoms with E-state index in [1.165, 1.54) is 6.21 Å². The number of nitrogen functional groups attached to an aromatic ring is 1. The minimum Gasteiger partial charge on any atom is -0.398 e. The van der Waals surface area contributed by atoms with Gasteiger partial charge in [-0.15, -0.1) is 0 Å². The van der Waals surface area contributed by atoms with E-state index in [0.717, 1.165) is 17.9 Å². The number of aliphatic imine (C=N–C) groups is 1. The van der Waals surface area contributed by atoms with Crippen molar-refractivity contribution in [2.45, 2.75) is 6.54 Å². The predicted octanol–water partition coefficient (Wildman–Crippen LogP) is 1.98. The van der Waals surface area contributed by atoms with Crippen LogP contribution in [-0.4, -0.2) is 18.6 Å². The van der Waals surface area contributed by atoms with Crippen LogP contribution in [0.15, 0.2) is 29.3 Å². The molecule has 4 N–H and O–H groups in total. The van der Waals surface area contributed by atoms with Gasteiger partial charge in [-0.1, -0.05) is 17.7 Å². The number of rotatable bonds is 3. The van der Waals surface area contributed by atoms with Crippen LogP contribution in [0.25, 0.3) is 0 Å². The molecule has 0 fully saturated rings. The van der Waals surface area contributed by atoms with Gasteiger partial charge in [0.2, 0.25) is 0 Å². The summed E-state index contributed by atoms with van der Waals surface area (Å²) in [7, 11) is 0. The molecule has 0 unspecified atom stereocenters. The number of benzene rings is 1. The third kappa shape index (κ3) is 2.65. The Morgan fingerprint density at radius 1 is 1.53 bits per heavy atom. The van der Waals surface area contributed by atoms with Crippen LogP contribution in [0.3, 0.4) is 0 Å². The van der Waals surface area contributed by atoms with E-state index in [1.807, 2.05) is 12.2 Å². The van der Waals surface area contributed by atoms with Gasteiger partial charge >= 0.3 is 0 Å². The molecule has 0 aliphatic carbocycles. The predicted molar refractivity (Wildman–Crippen MR) is 72.0 cm³/mol. The number of amidine groups is 1. The number of anilines is 1. The quantitative estimate of drug-likeness (QED) is 0.565. The summed E-state index contributed by atoms with van der Waals surface area (Å²) in [5.74, 6) is 0.857. The highest BCUT2D eigenvalue weighted by Crippen LogP contribution is 2.22. The van der Waals surface area contributed by atoms with Crippen LogP contribution in [0.5, 0.6) is 0 Å². The highest BCUT2D eigenvalue weighted by atomic mass is 35.5. The summed E-state index contributed by atoms with van der Waals surface area (Å²) in [6, 6.07) is 3.49. The van der Waals surface area contributed by atoms with Gasteiger partial charge in [0, 0.05) is 29.0 Å². The van der Waals surface area contributed by atoms with Gasteiger partial charge < -0.3 is 16.5 Å². The average molecular weight is 249 g/mol. The lowest BCUT2D eigenvalue weighted by Gasteiger charge is -2.09. The summed E-state index contributed by atoms with van der Waals surface area (Å²) in [6.07, 6.45) is 5.11. The minimum atomic E-state index is 0.560. The van der Waals surface area contributed by atoms with Gasteiger partial charge in [-0.05, 0) is 23.8 Å². The molecule has 0 saturated heterocycles. The Morgan fingerprint density at radius 3 is 3.00 bits per heavy atom. The van der Waals surface area contributed by atoms with Crippen molar-refractivity contribution in [2.75, 3.05) is 12.3 Å². The highest BCUT2D eigenvalue weighted by Gasteiger charge is 2.06. The molecule has 0 amide bonds. The molecule has 0 bridgehead atoms. The number of nitrogens with one attached hydrogen (secondary N) is 2. The van der Waals surface area contributed by atoms with Gasteiger partial charge in [0.25, 0.3) is 0 Å². The van der Waals surface area contributed by atoms with E-state index in [0.29, 0.717) is 22.8 Å². The first-order chi connectivity index (χ1) is 8.20. The molecular formula is C12H13ClN4. The van der Waals surface area contributed by atoms with Crippen molar-refractivity contribution in [1.29, 1.82) is 5.41 Å². The maximum Gasteiger partial charge on any atom is 0.121 e. The van der Waals surface area contributed by atoms with Crippen LogP contribution < -0.4 is 11.1 Å². The Balaban J connectivity index is 2.13. The molecule has 0 radical (unpaired) electrons. The van der Waals surface area contributed by atoms with E-state index < -0.39 is 0 Å². The van der Waals surface area contributed by atoms with Gasteiger partial charge in [-0.3, -0.25) is 4.99 Å². The van der Waals surface area contributed by atoms with Crippen LogP contribution in [0.4, 0.5) is 5.69 Å². The average Bonchev–Trinajstić information content (AvgIpc) is 2.82. The molecule has 1 aromatic rings. The first-order valence-electron chi connectivity index (χ1n) is 5.24. The van der Waals surface area contributed by atoms with Crippen molar-refractivity contribution in [3.8, 4) is 0 Å². The largest absolute Gasteiger partial charge is 0.398 e. The van der Waals surface area contributed by atoms with Crippen molar-refractivity contribution in [3.05, 3.63) is 40.4 Å². The Kier molecular flexibility index (Phi) is 3.44. The maximum atomic E-state index is 7.18. The van der Waals surface area contributed by atoms with E-state index in [1.54, 1.807) is 12.1 Å². The van der Waals surface area contributed by atoms with Gasteiger partial charge in [0.15, 0.2) is 0 Å². The molecule has 4 nitrogen and oxygen atoms in total. The van der Waals surface area contributed by atoms with Gasteiger partial charge in [-0.2, -0.15) is 0 Å². The zero-order valence-corrected chi connectivity index (χ0v) is 9.96. The second-order valence-electron chi connectivity index (χ2n) is 3.70. The molecule has 1 aromatic carbocycles. The molecular weight excluding hydrogens is 236 g/mol. The first kappa shape index (κ1) is 11.7. The van der Waals surface area contributed by atoms with Crippen molar-refractivity contribution >= 4 is 29.3 Å². The fraction of sp³-hybridized carbons (Fsp3) is 0.167. The van der Waals surface area contributed by atoms with Crippen LogP contribution in [-0.2, 0) is 6.54 Å². The molecule has 0 aromatic heterocycles. The molecule has 88 valence electrons. The van der Waals surface area contributed by atoms with Gasteiger partial charge in [0.1, 0.15) is 5.84 Å². The molecule has 2 rings (SSSR count). The third-order valence-corrected chi connectivity index (χ3v) is 2.86.